The molecule has 1 aromatic carbocycles. The number of hydrogen-bond acceptors (Lipinski definition) is 3. The van der Waals surface area contributed by atoms with Crippen molar-refractivity contribution in [1.29, 1.82) is 0 Å². The molecule has 0 radical (unpaired) electrons. The van der Waals surface area contributed by atoms with Crippen LogP contribution in [0.1, 0.15) is 29.6 Å². The average Bonchev–Trinajstić information content (AvgIpc) is 2.43. The van der Waals surface area contributed by atoms with E-state index in [2.05, 4.69) is 10.2 Å². The summed E-state index contributed by atoms with van der Waals surface area (Å²) in [5.74, 6) is -0.162. The molecule has 1 aromatic rings. The molecule has 0 saturated carbocycles. The van der Waals surface area contributed by atoms with Gasteiger partial charge < -0.3 is 15.3 Å². The Kier molecular flexibility index (Phi) is 5.05. The van der Waals surface area contributed by atoms with E-state index in [0.717, 1.165) is 19.6 Å². The van der Waals surface area contributed by atoms with Gasteiger partial charge in [0.15, 0.2) is 0 Å². The predicted molar refractivity (Wildman–Crippen MR) is 75.7 cm³/mol. The molecule has 0 aromatic heterocycles. The van der Waals surface area contributed by atoms with E-state index >= 15 is 0 Å². The Balaban J connectivity index is 1.78. The molecule has 19 heavy (non-hydrogen) atoms. The maximum absolute atomic E-state index is 11.9. The first-order valence-corrected chi connectivity index (χ1v) is 7.03. The smallest absolute Gasteiger partial charge is 0.251 e. The van der Waals surface area contributed by atoms with Crippen molar-refractivity contribution < 1.29 is 9.90 Å². The fourth-order valence-corrected chi connectivity index (χ4v) is 2.44. The molecule has 1 aliphatic heterocycles. The van der Waals surface area contributed by atoms with Crippen LogP contribution in [0.2, 0.25) is 5.02 Å². The number of carbonyl (C=O) groups is 1. The van der Waals surface area contributed by atoms with Crippen LogP contribution in [-0.4, -0.2) is 42.1 Å². The van der Waals surface area contributed by atoms with E-state index in [1.54, 1.807) is 6.07 Å². The molecule has 0 bridgehead atoms. The van der Waals surface area contributed by atoms with Crippen LogP contribution >= 0.6 is 11.6 Å². The highest BCUT2D eigenvalue weighted by Crippen LogP contribution is 2.23. The van der Waals surface area contributed by atoms with Crippen molar-refractivity contribution in [3.63, 3.8) is 0 Å². The number of likely N-dealkylation sites (tertiary alicyclic amines) is 1. The Bertz CT molecular complexity index is 445. The molecule has 0 aliphatic carbocycles. The zero-order chi connectivity index (χ0) is 13.7. The molecule has 4 nitrogen and oxygen atoms in total. The Morgan fingerprint density at radius 1 is 1.32 bits per heavy atom. The van der Waals surface area contributed by atoms with E-state index in [1.807, 2.05) is 0 Å². The quantitative estimate of drug-likeness (QED) is 0.891. The van der Waals surface area contributed by atoms with Crippen LogP contribution in [0, 0.1) is 0 Å². The molecule has 0 unspecified atom stereocenters. The summed E-state index contributed by atoms with van der Waals surface area (Å²) in [6, 6.07) is 4.48. The average molecular weight is 283 g/mol. The van der Waals surface area contributed by atoms with E-state index in [4.69, 9.17) is 11.6 Å². The van der Waals surface area contributed by atoms with E-state index in [9.17, 15) is 9.90 Å². The third-order valence-corrected chi connectivity index (χ3v) is 3.67. The van der Waals surface area contributed by atoms with E-state index in [0.29, 0.717) is 12.1 Å². The van der Waals surface area contributed by atoms with Crippen molar-refractivity contribution in [2.75, 3.05) is 26.2 Å². The monoisotopic (exact) mass is 282 g/mol. The van der Waals surface area contributed by atoms with Crippen molar-refractivity contribution in [3.05, 3.63) is 28.8 Å². The molecule has 2 N–H and O–H groups in total. The van der Waals surface area contributed by atoms with Gasteiger partial charge in [0.2, 0.25) is 0 Å². The molecule has 5 heteroatoms. The third-order valence-electron chi connectivity index (χ3n) is 3.37. The Hall–Kier alpha value is -1.26. The van der Waals surface area contributed by atoms with Gasteiger partial charge in [-0.25, -0.2) is 0 Å². The summed E-state index contributed by atoms with van der Waals surface area (Å²) in [6.45, 7) is 3.77. The molecule has 1 aliphatic rings. The summed E-state index contributed by atoms with van der Waals surface area (Å²) in [4.78, 5) is 14.2. The molecule has 1 saturated heterocycles. The fourth-order valence-electron chi connectivity index (χ4n) is 2.26. The lowest BCUT2D eigenvalue weighted by Crippen LogP contribution is -2.37. The lowest BCUT2D eigenvalue weighted by Gasteiger charge is -2.26. The maximum Gasteiger partial charge on any atom is 0.251 e. The van der Waals surface area contributed by atoms with Gasteiger partial charge in [0, 0.05) is 18.7 Å². The summed E-state index contributed by atoms with van der Waals surface area (Å²) in [6.07, 6.45) is 3.82. The van der Waals surface area contributed by atoms with Crippen LogP contribution in [0.3, 0.4) is 0 Å². The highest BCUT2D eigenvalue weighted by atomic mass is 35.5. The number of phenolic OH excluding ortho intramolecular Hbond substituents is 1. The van der Waals surface area contributed by atoms with Crippen LogP contribution < -0.4 is 5.32 Å². The lowest BCUT2D eigenvalue weighted by molar-refractivity contribution is 0.0946. The summed E-state index contributed by atoms with van der Waals surface area (Å²) in [5, 5.41) is 12.4. The molecular weight excluding hydrogens is 264 g/mol. The number of nitrogens with one attached hydrogen (secondary N) is 1. The van der Waals surface area contributed by atoms with Gasteiger partial charge in [0.05, 0.1) is 5.02 Å². The van der Waals surface area contributed by atoms with E-state index in [-0.39, 0.29) is 16.7 Å². The van der Waals surface area contributed by atoms with E-state index < -0.39 is 0 Å². The van der Waals surface area contributed by atoms with Crippen molar-refractivity contribution in [2.45, 2.75) is 19.3 Å². The number of piperidine rings is 1. The number of rotatable bonds is 4. The van der Waals surface area contributed by atoms with Gasteiger partial charge >= 0.3 is 0 Å². The van der Waals surface area contributed by atoms with Crippen LogP contribution in [0.5, 0.6) is 5.75 Å². The summed E-state index contributed by atoms with van der Waals surface area (Å²) >= 11 is 5.78. The molecule has 2 rings (SSSR count). The fraction of sp³-hybridized carbons (Fsp3) is 0.500. The van der Waals surface area contributed by atoms with Gasteiger partial charge in [0.25, 0.3) is 5.91 Å². The van der Waals surface area contributed by atoms with Gasteiger partial charge in [-0.1, -0.05) is 18.0 Å². The van der Waals surface area contributed by atoms with Crippen LogP contribution in [0.4, 0.5) is 0 Å². The summed E-state index contributed by atoms with van der Waals surface area (Å²) < 4.78 is 0. The minimum atomic E-state index is -0.154. The number of halogens is 1. The topological polar surface area (TPSA) is 52.6 Å². The Morgan fingerprint density at radius 3 is 2.74 bits per heavy atom. The normalized spacial score (nSPS) is 16.3. The van der Waals surface area contributed by atoms with Gasteiger partial charge in [-0.3, -0.25) is 4.79 Å². The standard InChI is InChI=1S/C14H19ClN2O2/c15-12-10-11(4-5-13(12)18)14(19)16-6-9-17-7-2-1-3-8-17/h4-5,10,18H,1-3,6-9H2,(H,16,19). The molecule has 1 fully saturated rings. The van der Waals surface area contributed by atoms with Crippen LogP contribution in [0.25, 0.3) is 0 Å². The first kappa shape index (κ1) is 14.2. The number of amides is 1. The molecule has 1 heterocycles. The zero-order valence-electron chi connectivity index (χ0n) is 10.9. The molecular formula is C14H19ClN2O2. The van der Waals surface area contributed by atoms with Gasteiger partial charge in [-0.05, 0) is 44.1 Å². The number of phenols is 1. The third kappa shape index (κ3) is 4.11. The second-order valence-corrected chi connectivity index (χ2v) is 5.23. The van der Waals surface area contributed by atoms with Crippen LogP contribution in [0.15, 0.2) is 18.2 Å². The SMILES string of the molecule is O=C(NCCN1CCCCC1)c1ccc(O)c(Cl)c1. The number of carbonyl (C=O) groups excluding carboxylic acids is 1. The second kappa shape index (κ2) is 6.78. The minimum Gasteiger partial charge on any atom is -0.506 e. The predicted octanol–water partition coefficient (Wildman–Crippen LogP) is 2.26. The molecule has 1 amide bonds. The number of nitrogens with zero attached hydrogens (tertiary/aromatic N) is 1. The summed E-state index contributed by atoms with van der Waals surface area (Å²) in [5.41, 5.74) is 0.474. The molecule has 0 spiro atoms. The Labute approximate surface area is 118 Å². The molecule has 104 valence electrons. The van der Waals surface area contributed by atoms with Gasteiger partial charge in [-0.2, -0.15) is 0 Å². The lowest BCUT2D eigenvalue weighted by atomic mass is 10.1. The Morgan fingerprint density at radius 2 is 2.05 bits per heavy atom. The van der Waals surface area contributed by atoms with Gasteiger partial charge in [-0.15, -0.1) is 0 Å². The maximum atomic E-state index is 11.9. The number of benzene rings is 1. The van der Waals surface area contributed by atoms with Crippen molar-refractivity contribution in [1.82, 2.24) is 10.2 Å². The second-order valence-electron chi connectivity index (χ2n) is 4.82. The van der Waals surface area contributed by atoms with Crippen molar-refractivity contribution in [3.8, 4) is 5.75 Å². The van der Waals surface area contributed by atoms with Crippen molar-refractivity contribution in [2.24, 2.45) is 0 Å². The van der Waals surface area contributed by atoms with Gasteiger partial charge in [0.1, 0.15) is 5.75 Å². The highest BCUT2D eigenvalue weighted by Gasteiger charge is 2.11. The number of aromatic hydroxyl groups is 1. The van der Waals surface area contributed by atoms with Crippen LogP contribution in [-0.2, 0) is 0 Å². The zero-order valence-corrected chi connectivity index (χ0v) is 11.6. The molecule has 0 atom stereocenters. The first-order chi connectivity index (χ1) is 9.16. The summed E-state index contributed by atoms with van der Waals surface area (Å²) in [7, 11) is 0. The minimum absolute atomic E-state index is 0.00784. The number of hydrogen-bond donors (Lipinski definition) is 2. The largest absolute Gasteiger partial charge is 0.506 e. The van der Waals surface area contributed by atoms with E-state index in [1.165, 1.54) is 31.4 Å². The highest BCUT2D eigenvalue weighted by molar-refractivity contribution is 6.32. The van der Waals surface area contributed by atoms with Crippen molar-refractivity contribution >= 4 is 17.5 Å². The first-order valence-electron chi connectivity index (χ1n) is 6.66.